The van der Waals surface area contributed by atoms with Gasteiger partial charge in [0.25, 0.3) is 0 Å². The summed E-state index contributed by atoms with van der Waals surface area (Å²) in [5, 5.41) is -0.191. The lowest BCUT2D eigenvalue weighted by Crippen LogP contribution is -2.05. The first-order chi connectivity index (χ1) is 6.50. The van der Waals surface area contributed by atoms with Crippen LogP contribution >= 0.6 is 23.2 Å². The molecule has 0 bridgehead atoms. The monoisotopic (exact) mass is 233 g/mol. The topological polar surface area (TPSA) is 43.1 Å². The van der Waals surface area contributed by atoms with Crippen LogP contribution in [0.4, 0.5) is 4.39 Å². The fourth-order valence-corrected chi connectivity index (χ4v) is 1.35. The van der Waals surface area contributed by atoms with E-state index in [-0.39, 0.29) is 10.0 Å². The van der Waals surface area contributed by atoms with Crippen molar-refractivity contribution < 1.29 is 9.18 Å². The number of carbonyl (C=O) groups is 1. The fraction of sp³-hybridized carbons (Fsp3) is 0. The van der Waals surface area contributed by atoms with Gasteiger partial charge in [-0.3, -0.25) is 4.79 Å². The summed E-state index contributed by atoms with van der Waals surface area (Å²) in [5.41, 5.74) is 5.39. The first-order valence-electron chi connectivity index (χ1n) is 3.63. The maximum absolute atomic E-state index is 12.9. The van der Waals surface area contributed by atoms with E-state index >= 15 is 0 Å². The molecule has 14 heavy (non-hydrogen) atoms. The predicted molar refractivity (Wildman–Crippen MR) is 54.6 cm³/mol. The van der Waals surface area contributed by atoms with Gasteiger partial charge in [-0.2, -0.15) is 0 Å². The van der Waals surface area contributed by atoms with Gasteiger partial charge in [0.1, 0.15) is 0 Å². The van der Waals surface area contributed by atoms with Crippen LogP contribution in [0.3, 0.4) is 0 Å². The van der Waals surface area contributed by atoms with Gasteiger partial charge in [0.2, 0.25) is 5.91 Å². The molecule has 5 heteroatoms. The van der Waals surface area contributed by atoms with Crippen molar-refractivity contribution in [1.82, 2.24) is 0 Å². The van der Waals surface area contributed by atoms with Gasteiger partial charge < -0.3 is 5.73 Å². The van der Waals surface area contributed by atoms with E-state index in [4.69, 9.17) is 28.9 Å². The molecular weight excluding hydrogens is 228 g/mol. The molecule has 0 heterocycles. The summed E-state index contributed by atoms with van der Waals surface area (Å²) in [6.45, 7) is 0. The number of rotatable bonds is 2. The normalized spacial score (nSPS) is 10.8. The number of primary amides is 1. The summed E-state index contributed by atoms with van der Waals surface area (Å²) in [6.07, 6.45) is 2.54. The third-order valence-electron chi connectivity index (χ3n) is 1.45. The van der Waals surface area contributed by atoms with Crippen LogP contribution < -0.4 is 5.73 Å². The Morgan fingerprint density at radius 3 is 2.29 bits per heavy atom. The van der Waals surface area contributed by atoms with Gasteiger partial charge in [-0.05, 0) is 23.8 Å². The molecule has 0 fully saturated rings. The van der Waals surface area contributed by atoms with Crippen molar-refractivity contribution in [1.29, 1.82) is 0 Å². The molecule has 0 atom stereocenters. The zero-order valence-corrected chi connectivity index (χ0v) is 8.44. The van der Waals surface area contributed by atoms with Crippen molar-refractivity contribution in [3.05, 3.63) is 39.6 Å². The van der Waals surface area contributed by atoms with Gasteiger partial charge in [-0.25, -0.2) is 4.39 Å². The molecule has 74 valence electrons. The summed E-state index contributed by atoms with van der Waals surface area (Å²) < 4.78 is 12.9. The average Bonchev–Trinajstić information content (AvgIpc) is 2.10. The molecule has 0 unspecified atom stereocenters. The smallest absolute Gasteiger partial charge is 0.241 e. The van der Waals surface area contributed by atoms with Crippen molar-refractivity contribution in [3.63, 3.8) is 0 Å². The number of hydrogen-bond donors (Lipinski definition) is 1. The highest BCUT2D eigenvalue weighted by atomic mass is 35.5. The van der Waals surface area contributed by atoms with Crippen molar-refractivity contribution in [2.24, 2.45) is 5.73 Å². The van der Waals surface area contributed by atoms with E-state index in [1.54, 1.807) is 0 Å². The molecule has 0 aliphatic carbocycles. The van der Waals surface area contributed by atoms with Crippen molar-refractivity contribution in [3.8, 4) is 0 Å². The van der Waals surface area contributed by atoms with Gasteiger partial charge in [0.15, 0.2) is 5.82 Å². The fourth-order valence-electron chi connectivity index (χ4n) is 0.850. The van der Waals surface area contributed by atoms with E-state index in [9.17, 15) is 9.18 Å². The van der Waals surface area contributed by atoms with E-state index in [0.29, 0.717) is 5.56 Å². The van der Waals surface area contributed by atoms with Crippen LogP contribution in [-0.4, -0.2) is 5.91 Å². The highest BCUT2D eigenvalue weighted by molar-refractivity contribution is 6.35. The Morgan fingerprint density at radius 2 is 1.86 bits per heavy atom. The third kappa shape index (κ3) is 2.72. The number of carbonyl (C=O) groups excluding carboxylic acids is 1. The number of hydrogen-bond acceptors (Lipinski definition) is 1. The maximum atomic E-state index is 12.9. The Kier molecular flexibility index (Phi) is 3.49. The molecule has 2 nitrogen and oxygen atoms in total. The zero-order chi connectivity index (χ0) is 10.7. The second-order valence-corrected chi connectivity index (χ2v) is 3.35. The Hall–Kier alpha value is -1.06. The first kappa shape index (κ1) is 11.0. The van der Waals surface area contributed by atoms with Crippen LogP contribution in [0.5, 0.6) is 0 Å². The summed E-state index contributed by atoms with van der Waals surface area (Å²) in [5.74, 6) is -1.27. The minimum absolute atomic E-state index is 0.0957. The van der Waals surface area contributed by atoms with E-state index < -0.39 is 11.7 Å². The molecule has 0 aliphatic heterocycles. The molecule has 1 amide bonds. The van der Waals surface area contributed by atoms with Crippen LogP contribution in [0.1, 0.15) is 5.56 Å². The second kappa shape index (κ2) is 4.44. The third-order valence-corrected chi connectivity index (χ3v) is 2.00. The molecule has 0 aliphatic rings. The molecule has 0 saturated heterocycles. The Bertz CT molecular complexity index is 381. The van der Waals surface area contributed by atoms with Gasteiger partial charge >= 0.3 is 0 Å². The van der Waals surface area contributed by atoms with Gasteiger partial charge in [-0.15, -0.1) is 0 Å². The van der Waals surface area contributed by atoms with Gasteiger partial charge in [0, 0.05) is 6.08 Å². The van der Waals surface area contributed by atoms with Crippen molar-refractivity contribution >= 4 is 35.2 Å². The predicted octanol–water partition coefficient (Wildman–Crippen LogP) is 2.63. The van der Waals surface area contributed by atoms with Crippen molar-refractivity contribution in [2.45, 2.75) is 0 Å². The molecular formula is C9H6Cl2FNO. The summed E-state index contributed by atoms with van der Waals surface area (Å²) in [6, 6.07) is 2.70. The summed E-state index contributed by atoms with van der Waals surface area (Å²) in [4.78, 5) is 10.4. The Labute approximate surface area is 90.1 Å². The summed E-state index contributed by atoms with van der Waals surface area (Å²) >= 11 is 11.0. The van der Waals surface area contributed by atoms with Crippen LogP contribution in [0.15, 0.2) is 18.2 Å². The Balaban J connectivity index is 3.07. The van der Waals surface area contributed by atoms with Gasteiger partial charge in [-0.1, -0.05) is 23.2 Å². The van der Waals surface area contributed by atoms with E-state index in [1.807, 2.05) is 0 Å². The SMILES string of the molecule is NC(=O)C=Cc1cc(Cl)c(F)c(Cl)c1. The van der Waals surface area contributed by atoms with Crippen LogP contribution in [-0.2, 0) is 4.79 Å². The number of benzene rings is 1. The number of halogens is 3. The molecule has 0 aromatic heterocycles. The molecule has 1 aromatic carbocycles. The highest BCUT2D eigenvalue weighted by Crippen LogP contribution is 2.25. The maximum Gasteiger partial charge on any atom is 0.241 e. The van der Waals surface area contributed by atoms with E-state index in [0.717, 1.165) is 6.08 Å². The quantitative estimate of drug-likeness (QED) is 0.620. The lowest BCUT2D eigenvalue weighted by atomic mass is 10.2. The number of amides is 1. The summed E-state index contributed by atoms with van der Waals surface area (Å²) in [7, 11) is 0. The first-order valence-corrected chi connectivity index (χ1v) is 4.38. The van der Waals surface area contributed by atoms with Crippen molar-refractivity contribution in [2.75, 3.05) is 0 Å². The zero-order valence-electron chi connectivity index (χ0n) is 6.93. The minimum atomic E-state index is -0.676. The van der Waals surface area contributed by atoms with Crippen LogP contribution in [0.2, 0.25) is 10.0 Å². The van der Waals surface area contributed by atoms with Crippen LogP contribution in [0.25, 0.3) is 6.08 Å². The Morgan fingerprint density at radius 1 is 1.36 bits per heavy atom. The highest BCUT2D eigenvalue weighted by Gasteiger charge is 2.05. The number of nitrogens with two attached hydrogens (primary N) is 1. The average molecular weight is 234 g/mol. The molecule has 1 rings (SSSR count). The van der Waals surface area contributed by atoms with E-state index in [1.165, 1.54) is 18.2 Å². The minimum Gasteiger partial charge on any atom is -0.366 e. The largest absolute Gasteiger partial charge is 0.366 e. The van der Waals surface area contributed by atoms with E-state index in [2.05, 4.69) is 0 Å². The standard InChI is InChI=1S/C9H6Cl2FNO/c10-6-3-5(1-2-8(13)14)4-7(11)9(6)12/h1-4H,(H2,13,14). The molecule has 2 N–H and O–H groups in total. The molecule has 0 radical (unpaired) electrons. The molecule has 1 aromatic rings. The second-order valence-electron chi connectivity index (χ2n) is 2.53. The van der Waals surface area contributed by atoms with Crippen LogP contribution in [0, 0.1) is 5.82 Å². The lowest BCUT2D eigenvalue weighted by molar-refractivity contribution is -0.113. The lowest BCUT2D eigenvalue weighted by Gasteiger charge is -1.99. The van der Waals surface area contributed by atoms with Gasteiger partial charge in [0.05, 0.1) is 10.0 Å². The molecule has 0 saturated carbocycles. The molecule has 0 spiro atoms.